The molecule has 3 unspecified atom stereocenters. The summed E-state index contributed by atoms with van der Waals surface area (Å²) in [6.45, 7) is 5.48. The highest BCUT2D eigenvalue weighted by Crippen LogP contribution is 2.44. The zero-order valence-corrected chi connectivity index (χ0v) is 20.3. The van der Waals surface area contributed by atoms with Crippen LogP contribution in [0, 0.1) is 5.92 Å². The van der Waals surface area contributed by atoms with Crippen LogP contribution >= 0.6 is 0 Å². The zero-order chi connectivity index (χ0) is 24.8. The zero-order valence-electron chi connectivity index (χ0n) is 20.3. The van der Waals surface area contributed by atoms with Gasteiger partial charge in [0.15, 0.2) is 0 Å². The van der Waals surface area contributed by atoms with Gasteiger partial charge in [-0.2, -0.15) is 0 Å². The monoisotopic (exact) mass is 466 g/mol. The van der Waals surface area contributed by atoms with E-state index < -0.39 is 18.1 Å². The summed E-state index contributed by atoms with van der Waals surface area (Å²) in [5.74, 6) is -1.48. The van der Waals surface area contributed by atoms with E-state index in [0.717, 1.165) is 6.42 Å². The Labute approximate surface area is 201 Å². The molecule has 0 bridgehead atoms. The van der Waals surface area contributed by atoms with Crippen LogP contribution in [0.25, 0.3) is 11.1 Å². The van der Waals surface area contributed by atoms with Crippen LogP contribution in [0.5, 0.6) is 0 Å². The van der Waals surface area contributed by atoms with Crippen molar-refractivity contribution in [1.82, 2.24) is 10.2 Å². The molecule has 0 saturated heterocycles. The summed E-state index contributed by atoms with van der Waals surface area (Å²) in [5, 5.41) is 12.0. The first-order chi connectivity index (χ1) is 16.2. The number of benzene rings is 2. The Balaban J connectivity index is 1.44. The quantitative estimate of drug-likeness (QED) is 0.531. The maximum absolute atomic E-state index is 12.4. The van der Waals surface area contributed by atoms with E-state index in [2.05, 4.69) is 29.6 Å². The molecule has 0 heterocycles. The summed E-state index contributed by atoms with van der Waals surface area (Å²) in [6.07, 6.45) is 1.59. The molecule has 2 aromatic rings. The second-order valence-electron chi connectivity index (χ2n) is 9.17. The van der Waals surface area contributed by atoms with Gasteiger partial charge in [-0.1, -0.05) is 61.9 Å². The molecule has 1 aliphatic rings. The van der Waals surface area contributed by atoms with Crippen LogP contribution < -0.4 is 5.32 Å². The van der Waals surface area contributed by atoms with E-state index in [-0.39, 0.29) is 30.4 Å². The van der Waals surface area contributed by atoms with Crippen molar-refractivity contribution in [1.29, 1.82) is 0 Å². The summed E-state index contributed by atoms with van der Waals surface area (Å²) in [5.41, 5.74) is 4.72. The molecular formula is C27H34N2O5. The van der Waals surface area contributed by atoms with Crippen LogP contribution in [-0.4, -0.2) is 53.7 Å². The topological polar surface area (TPSA) is 95.9 Å². The van der Waals surface area contributed by atoms with E-state index in [0.29, 0.717) is 12.8 Å². The first kappa shape index (κ1) is 25.3. The third-order valence-electron chi connectivity index (χ3n) is 6.69. The molecule has 0 spiro atoms. The predicted octanol–water partition coefficient (Wildman–Crippen LogP) is 4.65. The van der Waals surface area contributed by atoms with Gasteiger partial charge >= 0.3 is 12.1 Å². The lowest BCUT2D eigenvalue weighted by atomic mass is 9.98. The Bertz CT molecular complexity index is 992. The number of carbonyl (C=O) groups excluding carboxylic acids is 2. The fourth-order valence-electron chi connectivity index (χ4n) is 4.47. The number of rotatable bonds is 10. The average Bonchev–Trinajstić information content (AvgIpc) is 3.14. The minimum atomic E-state index is -1.02. The number of nitrogens with one attached hydrogen (secondary N) is 1. The van der Waals surface area contributed by atoms with E-state index in [4.69, 9.17) is 9.84 Å². The Morgan fingerprint density at radius 1 is 0.971 bits per heavy atom. The number of fused-ring (bicyclic) bond motifs is 3. The molecule has 0 radical (unpaired) electrons. The number of nitrogens with zero attached hydrogens (tertiary/aromatic N) is 1. The summed E-state index contributed by atoms with van der Waals surface area (Å²) >= 11 is 0. The molecule has 0 fully saturated rings. The maximum atomic E-state index is 12.4. The molecule has 3 rings (SSSR count). The second kappa shape index (κ2) is 11.2. The number of carbonyl (C=O) groups is 3. The van der Waals surface area contributed by atoms with Crippen molar-refractivity contribution in [2.45, 2.75) is 58.0 Å². The van der Waals surface area contributed by atoms with E-state index in [1.54, 1.807) is 6.92 Å². The van der Waals surface area contributed by atoms with Crippen molar-refractivity contribution < 1.29 is 24.2 Å². The largest absolute Gasteiger partial charge is 0.480 e. The Kier molecular flexibility index (Phi) is 8.31. The Morgan fingerprint density at radius 2 is 1.53 bits per heavy atom. The van der Waals surface area contributed by atoms with Gasteiger partial charge in [-0.15, -0.1) is 0 Å². The van der Waals surface area contributed by atoms with E-state index in [9.17, 15) is 14.4 Å². The lowest BCUT2D eigenvalue weighted by Crippen LogP contribution is -2.42. The van der Waals surface area contributed by atoms with Gasteiger partial charge in [0.05, 0.1) is 0 Å². The van der Waals surface area contributed by atoms with Gasteiger partial charge < -0.3 is 20.1 Å². The minimum absolute atomic E-state index is 0.0190. The summed E-state index contributed by atoms with van der Waals surface area (Å²) in [4.78, 5) is 37.2. The summed E-state index contributed by atoms with van der Waals surface area (Å²) in [6, 6.07) is 15.5. The minimum Gasteiger partial charge on any atom is -0.480 e. The molecule has 1 aliphatic carbocycles. The molecule has 0 aliphatic heterocycles. The smallest absolute Gasteiger partial charge is 0.407 e. The van der Waals surface area contributed by atoms with Gasteiger partial charge in [0.1, 0.15) is 12.6 Å². The molecule has 0 aromatic heterocycles. The predicted molar refractivity (Wildman–Crippen MR) is 131 cm³/mol. The van der Waals surface area contributed by atoms with Crippen molar-refractivity contribution >= 4 is 18.0 Å². The number of aliphatic carboxylic acids is 1. The third kappa shape index (κ3) is 5.76. The number of likely N-dealkylation sites (N-methyl/N-ethyl adjacent to an activating group) is 1. The molecule has 7 heteroatoms. The van der Waals surface area contributed by atoms with Crippen LogP contribution in [0.3, 0.4) is 0 Å². The van der Waals surface area contributed by atoms with Crippen LogP contribution in [0.4, 0.5) is 4.79 Å². The lowest BCUT2D eigenvalue weighted by Gasteiger charge is -2.25. The van der Waals surface area contributed by atoms with Gasteiger partial charge in [0.2, 0.25) is 5.91 Å². The number of ether oxygens (including phenoxy) is 1. The molecule has 0 saturated carbocycles. The normalized spacial score (nSPS) is 14.9. The SMILES string of the molecule is CC(CCCC(C)C(=O)N(C)C(C)C(=O)O)NC(=O)OCC1c2ccccc2-c2ccccc21. The lowest BCUT2D eigenvalue weighted by molar-refractivity contribution is -0.149. The van der Waals surface area contributed by atoms with Crippen LogP contribution in [0.2, 0.25) is 0 Å². The highest BCUT2D eigenvalue weighted by Gasteiger charge is 2.29. The van der Waals surface area contributed by atoms with Crippen molar-refractivity contribution in [3.63, 3.8) is 0 Å². The molecule has 2 amide bonds. The van der Waals surface area contributed by atoms with E-state index in [1.807, 2.05) is 31.2 Å². The number of amides is 2. The van der Waals surface area contributed by atoms with Crippen LogP contribution in [0.15, 0.2) is 48.5 Å². The standard InChI is InChI=1S/C27H34N2O5/c1-17(25(30)29(4)19(3)26(31)32)10-9-11-18(2)28-27(33)34-16-24-22-14-7-5-12-20(22)21-13-6-8-15-23(21)24/h5-8,12-15,17-19,24H,9-11,16H2,1-4H3,(H,28,33)(H,31,32). The first-order valence-electron chi connectivity index (χ1n) is 11.8. The van der Waals surface area contributed by atoms with Crippen LogP contribution in [-0.2, 0) is 14.3 Å². The number of carboxylic acids is 1. The number of carboxylic acid groups (broad SMARTS) is 1. The summed E-state index contributed by atoms with van der Waals surface area (Å²) < 4.78 is 5.59. The van der Waals surface area contributed by atoms with Gasteiger partial charge in [0, 0.05) is 24.9 Å². The van der Waals surface area contributed by atoms with Gasteiger partial charge in [-0.25, -0.2) is 9.59 Å². The molecule has 7 nitrogen and oxygen atoms in total. The van der Waals surface area contributed by atoms with Gasteiger partial charge in [-0.3, -0.25) is 4.79 Å². The highest BCUT2D eigenvalue weighted by molar-refractivity contribution is 5.84. The fourth-order valence-corrected chi connectivity index (χ4v) is 4.47. The highest BCUT2D eigenvalue weighted by atomic mass is 16.5. The maximum Gasteiger partial charge on any atom is 0.407 e. The molecule has 2 aromatic carbocycles. The number of alkyl carbamates (subject to hydrolysis) is 1. The fraction of sp³-hybridized carbons (Fsp3) is 0.444. The molecule has 2 N–H and O–H groups in total. The van der Waals surface area contributed by atoms with Crippen molar-refractivity contribution in [2.75, 3.05) is 13.7 Å². The third-order valence-corrected chi connectivity index (χ3v) is 6.69. The van der Waals surface area contributed by atoms with Gasteiger partial charge in [0.25, 0.3) is 0 Å². The van der Waals surface area contributed by atoms with Crippen molar-refractivity contribution in [3.8, 4) is 11.1 Å². The molecule has 3 atom stereocenters. The Hall–Kier alpha value is -3.35. The molecular weight excluding hydrogens is 432 g/mol. The van der Waals surface area contributed by atoms with Crippen molar-refractivity contribution in [3.05, 3.63) is 59.7 Å². The molecule has 182 valence electrons. The van der Waals surface area contributed by atoms with Crippen LogP contribution in [0.1, 0.15) is 57.1 Å². The van der Waals surface area contributed by atoms with E-state index in [1.165, 1.54) is 41.1 Å². The van der Waals surface area contributed by atoms with E-state index >= 15 is 0 Å². The second-order valence-corrected chi connectivity index (χ2v) is 9.17. The summed E-state index contributed by atoms with van der Waals surface area (Å²) in [7, 11) is 1.51. The molecule has 34 heavy (non-hydrogen) atoms. The first-order valence-corrected chi connectivity index (χ1v) is 11.8. The average molecular weight is 467 g/mol. The Morgan fingerprint density at radius 3 is 2.09 bits per heavy atom. The number of hydrogen-bond acceptors (Lipinski definition) is 4. The van der Waals surface area contributed by atoms with Crippen molar-refractivity contribution in [2.24, 2.45) is 5.92 Å². The van der Waals surface area contributed by atoms with Gasteiger partial charge in [-0.05, 0) is 48.9 Å². The number of hydrogen-bond donors (Lipinski definition) is 2.